The molecule has 0 aromatic heterocycles. The van der Waals surface area contributed by atoms with Crippen LogP contribution >= 0.6 is 11.8 Å². The highest BCUT2D eigenvalue weighted by molar-refractivity contribution is 8.00. The van der Waals surface area contributed by atoms with E-state index in [1.54, 1.807) is 0 Å². The Bertz CT molecular complexity index is 622. The zero-order chi connectivity index (χ0) is 20.0. The van der Waals surface area contributed by atoms with Crippen molar-refractivity contribution in [1.29, 1.82) is 5.26 Å². The van der Waals surface area contributed by atoms with Crippen LogP contribution in [0.1, 0.15) is 0 Å². The van der Waals surface area contributed by atoms with E-state index < -0.39 is 42.2 Å². The molecule has 2 aliphatic heterocycles. The highest BCUT2D eigenvalue weighted by Crippen LogP contribution is 2.31. The van der Waals surface area contributed by atoms with E-state index >= 15 is 0 Å². The molecule has 2 saturated heterocycles. The van der Waals surface area contributed by atoms with Gasteiger partial charge in [0, 0.05) is 18.8 Å². The van der Waals surface area contributed by atoms with Crippen molar-refractivity contribution >= 4 is 29.7 Å². The Morgan fingerprint density at radius 3 is 2.52 bits per heavy atom. The van der Waals surface area contributed by atoms with Crippen LogP contribution in [0.25, 0.3) is 0 Å². The summed E-state index contributed by atoms with van der Waals surface area (Å²) in [5, 5.41) is 9.06. The number of alkyl halides is 3. The summed E-state index contributed by atoms with van der Waals surface area (Å²) >= 11 is 0.788. The van der Waals surface area contributed by atoms with Crippen LogP contribution in [0.3, 0.4) is 0 Å². The number of carbonyl (C=O) groups excluding carboxylic acids is 3. The molecule has 3 amide bonds. The monoisotopic (exact) mass is 411 g/mol. The number of carbonyl (C=O) groups is 3. The quantitative estimate of drug-likeness (QED) is 0.466. The average Bonchev–Trinajstić information content (AvgIpc) is 3.01. The van der Waals surface area contributed by atoms with Gasteiger partial charge in [0.25, 0.3) is 5.91 Å². The molecule has 2 heterocycles. The number of hydrogen-bond donors (Lipinski definition) is 2. The Kier molecular flexibility index (Phi) is 7.11. The van der Waals surface area contributed by atoms with Crippen LogP contribution in [0, 0.1) is 11.3 Å². The molecule has 0 aliphatic carbocycles. The molecular weight excluding hydrogens is 395 g/mol. The van der Waals surface area contributed by atoms with Gasteiger partial charge < -0.3 is 14.4 Å². The number of nitrogens with zero attached hydrogens (tertiary/aromatic N) is 3. The molecule has 0 aromatic carbocycles. The molecule has 2 N–H and O–H groups in total. The summed E-state index contributed by atoms with van der Waals surface area (Å²) < 4.78 is 46.5. The van der Waals surface area contributed by atoms with Gasteiger partial charge >= 0.3 is 18.2 Å². The second-order valence-electron chi connectivity index (χ2n) is 5.44. The fraction of sp³-hybridized carbons (Fsp3) is 0.692. The third-order valence-corrected chi connectivity index (χ3v) is 4.75. The van der Waals surface area contributed by atoms with Gasteiger partial charge in [-0.05, 0) is 0 Å². The number of hydrazine groups is 1. The zero-order valence-electron chi connectivity index (χ0n) is 13.8. The van der Waals surface area contributed by atoms with Gasteiger partial charge in [-0.2, -0.15) is 18.4 Å². The number of hydrogen-bond acceptors (Lipinski definition) is 8. The van der Waals surface area contributed by atoms with Crippen LogP contribution in [-0.2, 0) is 19.1 Å². The maximum atomic E-state index is 12.3. The van der Waals surface area contributed by atoms with Crippen LogP contribution in [0.15, 0.2) is 0 Å². The van der Waals surface area contributed by atoms with Gasteiger partial charge in [-0.1, -0.05) is 11.8 Å². The van der Waals surface area contributed by atoms with E-state index in [1.807, 2.05) is 6.07 Å². The number of amides is 3. The number of urea groups is 1. The molecule has 2 atom stereocenters. The second-order valence-corrected chi connectivity index (χ2v) is 6.51. The van der Waals surface area contributed by atoms with Crippen molar-refractivity contribution in [2.45, 2.75) is 17.8 Å². The Labute approximate surface area is 155 Å². The molecule has 2 aliphatic rings. The summed E-state index contributed by atoms with van der Waals surface area (Å²) in [6.45, 7) is 0.863. The Morgan fingerprint density at radius 1 is 1.26 bits per heavy atom. The molecule has 14 heteroatoms. The lowest BCUT2D eigenvalue weighted by molar-refractivity contribution is -0.206. The van der Waals surface area contributed by atoms with Gasteiger partial charge in [0.15, 0.2) is 0 Å². The van der Waals surface area contributed by atoms with Gasteiger partial charge in [-0.15, -0.1) is 0 Å². The standard InChI is InChI=1S/C13H16F3N5O5S/c14-13(15,16)10(23)26-12-21(8(5-17)7-27-12)6-9(22)18-19-11(24)20-1-3-25-4-2-20/h8,12H,1-4,6-7H2,(H,18,22)(H,19,24). The molecule has 2 unspecified atom stereocenters. The fourth-order valence-corrected chi connectivity index (χ4v) is 3.42. The lowest BCUT2D eigenvalue weighted by Crippen LogP contribution is -2.54. The van der Waals surface area contributed by atoms with Crippen LogP contribution in [-0.4, -0.2) is 84.1 Å². The molecule has 0 spiro atoms. The average molecular weight is 411 g/mol. The summed E-state index contributed by atoms with van der Waals surface area (Å²) in [7, 11) is 0. The van der Waals surface area contributed by atoms with Crippen molar-refractivity contribution in [3.8, 4) is 6.07 Å². The van der Waals surface area contributed by atoms with E-state index in [1.165, 1.54) is 4.90 Å². The molecule has 0 radical (unpaired) electrons. The first kappa shape index (κ1) is 21.1. The Hall–Kier alpha value is -2.24. The number of morpholine rings is 1. The van der Waals surface area contributed by atoms with E-state index in [-0.39, 0.29) is 5.75 Å². The molecular formula is C13H16F3N5O5S. The number of nitriles is 1. The van der Waals surface area contributed by atoms with Crippen molar-refractivity contribution in [2.75, 3.05) is 38.6 Å². The van der Waals surface area contributed by atoms with Gasteiger partial charge in [0.2, 0.25) is 5.56 Å². The van der Waals surface area contributed by atoms with E-state index in [2.05, 4.69) is 15.6 Å². The number of thioether (sulfide) groups is 1. The van der Waals surface area contributed by atoms with Gasteiger partial charge in [-0.25, -0.2) is 19.9 Å². The zero-order valence-corrected chi connectivity index (χ0v) is 14.6. The highest BCUT2D eigenvalue weighted by atomic mass is 32.2. The Balaban J connectivity index is 1.87. The lowest BCUT2D eigenvalue weighted by Gasteiger charge is -2.27. The molecule has 0 aromatic rings. The minimum Gasteiger partial charge on any atom is -0.430 e. The SMILES string of the molecule is N#CC1CSC(OC(=O)C(F)(F)F)N1CC(=O)NNC(=O)N1CCOCC1. The number of ether oxygens (including phenoxy) is 2. The first-order valence-corrected chi connectivity index (χ1v) is 8.73. The van der Waals surface area contributed by atoms with Crippen molar-refractivity contribution in [1.82, 2.24) is 20.7 Å². The first-order valence-electron chi connectivity index (χ1n) is 7.68. The fourth-order valence-electron chi connectivity index (χ4n) is 2.24. The smallest absolute Gasteiger partial charge is 0.430 e. The third-order valence-electron chi connectivity index (χ3n) is 3.59. The third kappa shape index (κ3) is 5.88. The summed E-state index contributed by atoms with van der Waals surface area (Å²) in [5.74, 6) is -3.14. The minimum absolute atomic E-state index is 0.0553. The van der Waals surface area contributed by atoms with Gasteiger partial charge in [0.05, 0.1) is 25.8 Å². The molecule has 10 nitrogen and oxygen atoms in total. The van der Waals surface area contributed by atoms with Crippen molar-refractivity contribution in [3.63, 3.8) is 0 Å². The number of rotatable bonds is 3. The molecule has 0 bridgehead atoms. The van der Waals surface area contributed by atoms with E-state index in [4.69, 9.17) is 10.00 Å². The molecule has 27 heavy (non-hydrogen) atoms. The van der Waals surface area contributed by atoms with E-state index in [9.17, 15) is 27.6 Å². The normalized spacial score (nSPS) is 23.4. The van der Waals surface area contributed by atoms with Crippen molar-refractivity contribution in [2.24, 2.45) is 0 Å². The largest absolute Gasteiger partial charge is 0.491 e. The maximum Gasteiger partial charge on any atom is 0.491 e. The lowest BCUT2D eigenvalue weighted by atomic mass is 10.3. The minimum atomic E-state index is -5.19. The highest BCUT2D eigenvalue weighted by Gasteiger charge is 2.46. The molecule has 0 saturated carbocycles. The van der Waals surface area contributed by atoms with Crippen LogP contribution in [0.5, 0.6) is 0 Å². The summed E-state index contributed by atoms with van der Waals surface area (Å²) in [5.41, 5.74) is 2.84. The van der Waals surface area contributed by atoms with Crippen molar-refractivity contribution in [3.05, 3.63) is 0 Å². The molecule has 2 fully saturated rings. The Morgan fingerprint density at radius 2 is 1.93 bits per heavy atom. The predicted molar refractivity (Wildman–Crippen MR) is 83.6 cm³/mol. The topological polar surface area (TPSA) is 124 Å². The number of esters is 1. The van der Waals surface area contributed by atoms with Crippen LogP contribution in [0.2, 0.25) is 0 Å². The van der Waals surface area contributed by atoms with E-state index in [0.29, 0.717) is 26.3 Å². The molecule has 2 rings (SSSR count). The van der Waals surface area contributed by atoms with E-state index in [0.717, 1.165) is 16.7 Å². The summed E-state index contributed by atoms with van der Waals surface area (Å²) in [6, 6.07) is 0.322. The first-order chi connectivity index (χ1) is 12.7. The maximum absolute atomic E-state index is 12.3. The predicted octanol–water partition coefficient (Wildman–Crippen LogP) is -0.611. The number of halogens is 3. The van der Waals surface area contributed by atoms with Gasteiger partial charge in [-0.3, -0.25) is 10.2 Å². The second kappa shape index (κ2) is 9.11. The van der Waals surface area contributed by atoms with Crippen molar-refractivity contribution < 1.29 is 37.0 Å². The molecule has 150 valence electrons. The number of nitrogens with one attached hydrogen (secondary N) is 2. The van der Waals surface area contributed by atoms with Crippen LogP contribution < -0.4 is 10.9 Å². The van der Waals surface area contributed by atoms with Gasteiger partial charge in [0.1, 0.15) is 6.04 Å². The summed E-state index contributed by atoms with van der Waals surface area (Å²) in [6.07, 6.45) is -5.19. The summed E-state index contributed by atoms with van der Waals surface area (Å²) in [4.78, 5) is 37.2. The van der Waals surface area contributed by atoms with Crippen LogP contribution in [0.4, 0.5) is 18.0 Å².